The Bertz CT molecular complexity index is 424. The van der Waals surface area contributed by atoms with E-state index in [4.69, 9.17) is 6.42 Å². The molecular weight excluding hydrogens is 229 g/mol. The van der Waals surface area contributed by atoms with Crippen molar-refractivity contribution in [3.05, 3.63) is 23.6 Å². The third-order valence-electron chi connectivity index (χ3n) is 2.47. The summed E-state index contributed by atoms with van der Waals surface area (Å²) in [6.07, 6.45) is 6.49. The highest BCUT2D eigenvalue weighted by Gasteiger charge is 2.09. The maximum absolute atomic E-state index is 13.2. The minimum absolute atomic E-state index is 0.325. The van der Waals surface area contributed by atoms with Crippen LogP contribution < -0.4 is 10.2 Å². The summed E-state index contributed by atoms with van der Waals surface area (Å²) in [5.41, 5.74) is 0.827. The molecule has 0 aliphatic carbocycles. The van der Waals surface area contributed by atoms with Crippen LogP contribution in [-0.4, -0.2) is 25.1 Å². The molecule has 0 saturated carbocycles. The largest absolute Gasteiger partial charge is 0.348 e. The van der Waals surface area contributed by atoms with Gasteiger partial charge >= 0.3 is 0 Å². The fourth-order valence-corrected chi connectivity index (χ4v) is 1.66. The lowest BCUT2D eigenvalue weighted by atomic mass is 10.2. The highest BCUT2D eigenvalue weighted by atomic mass is 19.1. The number of pyridine rings is 1. The van der Waals surface area contributed by atoms with E-state index in [0.29, 0.717) is 19.0 Å². The minimum atomic E-state index is -0.325. The molecule has 18 heavy (non-hydrogen) atoms. The standard InChI is InChI=1S/C14H20FN3/c1-5-6-18(4)14-12(7-13(15)10-17-14)9-16-8-11(2)3/h1,7,10-11,16H,6,8-9H2,2-4H3. The van der Waals surface area contributed by atoms with E-state index in [-0.39, 0.29) is 5.82 Å². The van der Waals surface area contributed by atoms with Gasteiger partial charge < -0.3 is 10.2 Å². The van der Waals surface area contributed by atoms with Crippen molar-refractivity contribution in [2.45, 2.75) is 20.4 Å². The van der Waals surface area contributed by atoms with Crippen LogP contribution in [0.1, 0.15) is 19.4 Å². The molecule has 1 N–H and O–H groups in total. The zero-order valence-electron chi connectivity index (χ0n) is 11.2. The molecule has 0 aliphatic rings. The van der Waals surface area contributed by atoms with Crippen molar-refractivity contribution in [2.75, 3.05) is 25.0 Å². The van der Waals surface area contributed by atoms with E-state index in [0.717, 1.165) is 17.9 Å². The van der Waals surface area contributed by atoms with Crippen molar-refractivity contribution >= 4 is 5.82 Å². The van der Waals surface area contributed by atoms with Crippen LogP contribution in [0.5, 0.6) is 0 Å². The van der Waals surface area contributed by atoms with Gasteiger partial charge in [-0.1, -0.05) is 19.8 Å². The zero-order valence-corrected chi connectivity index (χ0v) is 11.2. The fraction of sp³-hybridized carbons (Fsp3) is 0.500. The lowest BCUT2D eigenvalue weighted by Crippen LogP contribution is -2.24. The number of nitrogens with one attached hydrogen (secondary N) is 1. The molecule has 1 aromatic heterocycles. The van der Waals surface area contributed by atoms with E-state index in [9.17, 15) is 4.39 Å². The van der Waals surface area contributed by atoms with Gasteiger partial charge in [0.1, 0.15) is 11.6 Å². The maximum Gasteiger partial charge on any atom is 0.141 e. The zero-order chi connectivity index (χ0) is 13.5. The molecule has 0 saturated heterocycles. The predicted octanol–water partition coefficient (Wildman–Crippen LogP) is 2.04. The van der Waals surface area contributed by atoms with Crippen LogP contribution in [0.25, 0.3) is 0 Å². The Morgan fingerprint density at radius 1 is 1.56 bits per heavy atom. The van der Waals surface area contributed by atoms with Crippen LogP contribution in [-0.2, 0) is 6.54 Å². The Morgan fingerprint density at radius 2 is 2.28 bits per heavy atom. The monoisotopic (exact) mass is 249 g/mol. The number of rotatable bonds is 6. The normalized spacial score (nSPS) is 10.4. The summed E-state index contributed by atoms with van der Waals surface area (Å²) < 4.78 is 13.2. The van der Waals surface area contributed by atoms with E-state index >= 15 is 0 Å². The third-order valence-corrected chi connectivity index (χ3v) is 2.47. The summed E-state index contributed by atoms with van der Waals surface area (Å²) in [4.78, 5) is 5.95. The second kappa shape index (κ2) is 6.97. The Hall–Kier alpha value is -1.60. The summed E-state index contributed by atoms with van der Waals surface area (Å²) in [6.45, 7) is 6.18. The Morgan fingerprint density at radius 3 is 2.89 bits per heavy atom. The van der Waals surface area contributed by atoms with E-state index in [1.165, 1.54) is 12.3 Å². The molecule has 0 fully saturated rings. The van der Waals surface area contributed by atoms with Crippen LogP contribution in [0.2, 0.25) is 0 Å². The average molecular weight is 249 g/mol. The van der Waals surface area contributed by atoms with Crippen molar-refractivity contribution in [3.63, 3.8) is 0 Å². The van der Waals surface area contributed by atoms with Gasteiger partial charge in [0.25, 0.3) is 0 Å². The maximum atomic E-state index is 13.2. The van der Waals surface area contributed by atoms with E-state index in [2.05, 4.69) is 30.1 Å². The van der Waals surface area contributed by atoms with Gasteiger partial charge in [-0.3, -0.25) is 0 Å². The molecule has 98 valence electrons. The smallest absolute Gasteiger partial charge is 0.141 e. The molecule has 0 aromatic carbocycles. The number of terminal acetylenes is 1. The number of hydrogen-bond donors (Lipinski definition) is 1. The molecular formula is C14H20FN3. The van der Waals surface area contributed by atoms with E-state index in [1.807, 2.05) is 11.9 Å². The fourth-order valence-electron chi connectivity index (χ4n) is 1.66. The van der Waals surface area contributed by atoms with Crippen LogP contribution in [0.4, 0.5) is 10.2 Å². The van der Waals surface area contributed by atoms with Crippen LogP contribution in [0.15, 0.2) is 12.3 Å². The molecule has 0 atom stereocenters. The number of hydrogen-bond acceptors (Lipinski definition) is 3. The van der Waals surface area contributed by atoms with Crippen LogP contribution in [0.3, 0.4) is 0 Å². The molecule has 0 amide bonds. The van der Waals surface area contributed by atoms with Gasteiger partial charge in [0.15, 0.2) is 0 Å². The minimum Gasteiger partial charge on any atom is -0.348 e. The number of aromatic nitrogens is 1. The highest BCUT2D eigenvalue weighted by molar-refractivity contribution is 5.47. The van der Waals surface area contributed by atoms with E-state index < -0.39 is 0 Å². The molecule has 1 aromatic rings. The predicted molar refractivity (Wildman–Crippen MR) is 72.8 cm³/mol. The lowest BCUT2D eigenvalue weighted by molar-refractivity contribution is 0.548. The first kappa shape index (κ1) is 14.5. The number of nitrogens with zero attached hydrogens (tertiary/aromatic N) is 2. The van der Waals surface area contributed by atoms with Gasteiger partial charge in [-0.05, 0) is 18.5 Å². The lowest BCUT2D eigenvalue weighted by Gasteiger charge is -2.19. The first-order chi connectivity index (χ1) is 8.54. The SMILES string of the molecule is C#CCN(C)c1ncc(F)cc1CNCC(C)C. The molecule has 3 nitrogen and oxygen atoms in total. The molecule has 0 bridgehead atoms. The van der Waals surface area contributed by atoms with Crippen molar-refractivity contribution in [1.82, 2.24) is 10.3 Å². The summed E-state index contributed by atoms with van der Waals surface area (Å²) in [5, 5.41) is 3.28. The molecule has 1 rings (SSSR count). The Kier molecular flexibility index (Phi) is 5.60. The Labute approximate surface area is 108 Å². The molecule has 1 heterocycles. The van der Waals surface area contributed by atoms with Gasteiger partial charge in [-0.15, -0.1) is 6.42 Å². The Balaban J connectivity index is 2.80. The first-order valence-electron chi connectivity index (χ1n) is 6.04. The average Bonchev–Trinajstić information content (AvgIpc) is 2.29. The number of halogens is 1. The second-order valence-corrected chi connectivity index (χ2v) is 4.72. The van der Waals surface area contributed by atoms with Gasteiger partial charge in [0.2, 0.25) is 0 Å². The second-order valence-electron chi connectivity index (χ2n) is 4.72. The molecule has 0 unspecified atom stereocenters. The quantitative estimate of drug-likeness (QED) is 0.782. The first-order valence-corrected chi connectivity index (χ1v) is 6.04. The van der Waals surface area contributed by atoms with Crippen molar-refractivity contribution in [2.24, 2.45) is 5.92 Å². The van der Waals surface area contributed by atoms with Gasteiger partial charge in [0.05, 0.1) is 12.7 Å². The van der Waals surface area contributed by atoms with Crippen molar-refractivity contribution < 1.29 is 4.39 Å². The summed E-state index contributed by atoms with van der Waals surface area (Å²) >= 11 is 0. The molecule has 0 aliphatic heterocycles. The van der Waals surface area contributed by atoms with Gasteiger partial charge in [-0.2, -0.15) is 0 Å². The third kappa shape index (κ3) is 4.34. The van der Waals surface area contributed by atoms with Crippen LogP contribution in [0, 0.1) is 24.1 Å². The highest BCUT2D eigenvalue weighted by Crippen LogP contribution is 2.17. The summed E-state index contributed by atoms with van der Waals surface area (Å²) in [6, 6.07) is 1.50. The van der Waals surface area contributed by atoms with E-state index in [1.54, 1.807) is 0 Å². The molecule has 4 heteroatoms. The van der Waals surface area contributed by atoms with Crippen molar-refractivity contribution in [3.8, 4) is 12.3 Å². The number of anilines is 1. The van der Waals surface area contributed by atoms with Crippen molar-refractivity contribution in [1.29, 1.82) is 0 Å². The topological polar surface area (TPSA) is 28.2 Å². The molecule has 0 radical (unpaired) electrons. The molecule has 0 spiro atoms. The summed E-state index contributed by atoms with van der Waals surface area (Å²) in [5.74, 6) is 3.51. The summed E-state index contributed by atoms with van der Waals surface area (Å²) in [7, 11) is 1.85. The van der Waals surface area contributed by atoms with Gasteiger partial charge in [-0.25, -0.2) is 9.37 Å². The van der Waals surface area contributed by atoms with Gasteiger partial charge in [0, 0.05) is 19.2 Å². The van der Waals surface area contributed by atoms with Crippen LogP contribution >= 0.6 is 0 Å².